The second-order valence-corrected chi connectivity index (χ2v) is 2.89. The number of phenols is 1. The smallest absolute Gasteiger partial charge is 0.165 e. The lowest BCUT2D eigenvalue weighted by Gasteiger charge is -2.03. The summed E-state index contributed by atoms with van der Waals surface area (Å²) in [4.78, 5) is 4.04. The normalized spacial score (nSPS) is 10.6. The zero-order valence-electron chi connectivity index (χ0n) is 7.08. The van der Waals surface area contributed by atoms with E-state index in [4.69, 9.17) is 0 Å². The molecule has 3 heteroatoms. The van der Waals surface area contributed by atoms with Gasteiger partial charge in [-0.2, -0.15) is 0 Å². The van der Waals surface area contributed by atoms with Gasteiger partial charge in [0.05, 0.1) is 0 Å². The Morgan fingerprint density at radius 1 is 1.23 bits per heavy atom. The fourth-order valence-corrected chi connectivity index (χ4v) is 1.36. The van der Waals surface area contributed by atoms with Crippen LogP contribution in [0.5, 0.6) is 5.75 Å². The van der Waals surface area contributed by atoms with Gasteiger partial charge in [-0.05, 0) is 25.1 Å². The molecule has 13 heavy (non-hydrogen) atoms. The molecular weight excluding hydrogens is 169 g/mol. The molecule has 1 aromatic carbocycles. The van der Waals surface area contributed by atoms with Gasteiger partial charge in [-0.1, -0.05) is 0 Å². The average Bonchev–Trinajstić information content (AvgIpc) is 2.12. The summed E-state index contributed by atoms with van der Waals surface area (Å²) in [5.41, 5.74) is 0.785. The number of hydrogen-bond acceptors (Lipinski definition) is 2. The molecule has 0 spiro atoms. The minimum absolute atomic E-state index is 0.303. The summed E-state index contributed by atoms with van der Waals surface area (Å²) in [6.45, 7) is 1.82. The molecule has 0 aliphatic rings. The molecule has 1 N–H and O–H groups in total. The average molecular weight is 177 g/mol. The Labute approximate surface area is 74.7 Å². The number of pyridine rings is 1. The van der Waals surface area contributed by atoms with Crippen molar-refractivity contribution in [2.45, 2.75) is 6.92 Å². The SMILES string of the molecule is Cc1nccc2c(O)c(F)ccc12. The monoisotopic (exact) mass is 177 g/mol. The van der Waals surface area contributed by atoms with Crippen molar-refractivity contribution in [3.05, 3.63) is 35.9 Å². The molecule has 2 aromatic rings. The lowest BCUT2D eigenvalue weighted by Crippen LogP contribution is -1.85. The topological polar surface area (TPSA) is 33.1 Å². The summed E-state index contributed by atoms with van der Waals surface area (Å²) < 4.78 is 12.9. The summed E-state index contributed by atoms with van der Waals surface area (Å²) in [6.07, 6.45) is 1.55. The largest absolute Gasteiger partial charge is 0.504 e. The van der Waals surface area contributed by atoms with E-state index in [9.17, 15) is 9.50 Å². The predicted molar refractivity (Wildman–Crippen MR) is 48.1 cm³/mol. The van der Waals surface area contributed by atoms with E-state index < -0.39 is 5.82 Å². The van der Waals surface area contributed by atoms with Crippen molar-refractivity contribution in [1.82, 2.24) is 4.98 Å². The summed E-state index contributed by atoms with van der Waals surface area (Å²) in [6, 6.07) is 4.46. The van der Waals surface area contributed by atoms with Crippen molar-refractivity contribution in [2.24, 2.45) is 0 Å². The van der Waals surface area contributed by atoms with Gasteiger partial charge in [0, 0.05) is 22.7 Å². The summed E-state index contributed by atoms with van der Waals surface area (Å²) in [7, 11) is 0. The third kappa shape index (κ3) is 1.13. The minimum Gasteiger partial charge on any atom is -0.504 e. The highest BCUT2D eigenvalue weighted by atomic mass is 19.1. The van der Waals surface area contributed by atoms with Gasteiger partial charge in [0.2, 0.25) is 0 Å². The van der Waals surface area contributed by atoms with Crippen molar-refractivity contribution in [1.29, 1.82) is 0 Å². The predicted octanol–water partition coefficient (Wildman–Crippen LogP) is 2.39. The Kier molecular flexibility index (Phi) is 1.65. The molecular formula is C10H8FNO. The van der Waals surface area contributed by atoms with Gasteiger partial charge in [0.25, 0.3) is 0 Å². The molecule has 0 radical (unpaired) electrons. The summed E-state index contributed by atoms with van der Waals surface area (Å²) in [5.74, 6) is -0.902. The number of aromatic nitrogens is 1. The van der Waals surface area contributed by atoms with Crippen LogP contribution in [0.4, 0.5) is 4.39 Å². The van der Waals surface area contributed by atoms with Crippen LogP contribution in [0.2, 0.25) is 0 Å². The first-order valence-electron chi connectivity index (χ1n) is 3.93. The van der Waals surface area contributed by atoms with Crippen molar-refractivity contribution in [3.8, 4) is 5.75 Å². The number of phenolic OH excluding ortho intramolecular Hbond substituents is 1. The summed E-state index contributed by atoms with van der Waals surface area (Å²) >= 11 is 0. The maximum Gasteiger partial charge on any atom is 0.165 e. The van der Waals surface area contributed by atoms with E-state index in [1.54, 1.807) is 18.3 Å². The van der Waals surface area contributed by atoms with Crippen molar-refractivity contribution >= 4 is 10.8 Å². The van der Waals surface area contributed by atoms with Crippen LogP contribution in [-0.4, -0.2) is 10.1 Å². The van der Waals surface area contributed by atoms with E-state index in [0.29, 0.717) is 5.39 Å². The van der Waals surface area contributed by atoms with Crippen LogP contribution in [-0.2, 0) is 0 Å². The lowest BCUT2D eigenvalue weighted by molar-refractivity contribution is 0.439. The zero-order chi connectivity index (χ0) is 9.42. The molecule has 0 aliphatic heterocycles. The molecule has 0 aliphatic carbocycles. The van der Waals surface area contributed by atoms with E-state index in [1.165, 1.54) is 6.07 Å². The number of rotatable bonds is 0. The molecule has 0 atom stereocenters. The quantitative estimate of drug-likeness (QED) is 0.670. The van der Waals surface area contributed by atoms with Crippen LogP contribution >= 0.6 is 0 Å². The van der Waals surface area contributed by atoms with Gasteiger partial charge in [0.15, 0.2) is 11.6 Å². The Morgan fingerprint density at radius 2 is 2.00 bits per heavy atom. The van der Waals surface area contributed by atoms with Crippen LogP contribution in [0.1, 0.15) is 5.69 Å². The Hall–Kier alpha value is -1.64. The number of nitrogens with zero attached hydrogens (tertiary/aromatic N) is 1. The summed E-state index contributed by atoms with van der Waals surface area (Å²) in [5, 5.41) is 10.7. The number of benzene rings is 1. The molecule has 66 valence electrons. The Bertz CT molecular complexity index is 468. The van der Waals surface area contributed by atoms with Gasteiger partial charge >= 0.3 is 0 Å². The van der Waals surface area contributed by atoms with Crippen LogP contribution in [0.3, 0.4) is 0 Å². The standard InChI is InChI=1S/C10H8FNO/c1-6-7-2-3-9(11)10(13)8(7)4-5-12-6/h2-5,13H,1H3. The minimum atomic E-state index is -0.599. The number of fused-ring (bicyclic) bond motifs is 1. The Morgan fingerprint density at radius 3 is 2.77 bits per heavy atom. The molecule has 0 saturated heterocycles. The first-order chi connectivity index (χ1) is 6.20. The van der Waals surface area contributed by atoms with Crippen LogP contribution in [0.25, 0.3) is 10.8 Å². The van der Waals surface area contributed by atoms with Crippen LogP contribution in [0, 0.1) is 12.7 Å². The van der Waals surface area contributed by atoms with Crippen LogP contribution < -0.4 is 0 Å². The molecule has 0 amide bonds. The highest BCUT2D eigenvalue weighted by Gasteiger charge is 2.06. The zero-order valence-corrected chi connectivity index (χ0v) is 7.08. The van der Waals surface area contributed by atoms with Crippen molar-refractivity contribution in [2.75, 3.05) is 0 Å². The Balaban J connectivity index is 2.94. The van der Waals surface area contributed by atoms with E-state index >= 15 is 0 Å². The fraction of sp³-hybridized carbons (Fsp3) is 0.100. The third-order valence-corrected chi connectivity index (χ3v) is 2.07. The molecule has 2 rings (SSSR count). The highest BCUT2D eigenvalue weighted by Crippen LogP contribution is 2.28. The maximum absolute atomic E-state index is 12.9. The number of aromatic hydroxyl groups is 1. The molecule has 2 nitrogen and oxygen atoms in total. The van der Waals surface area contributed by atoms with Crippen molar-refractivity contribution < 1.29 is 9.50 Å². The van der Waals surface area contributed by atoms with E-state index in [2.05, 4.69) is 4.98 Å². The second-order valence-electron chi connectivity index (χ2n) is 2.89. The number of halogens is 1. The van der Waals surface area contributed by atoms with E-state index in [1.807, 2.05) is 6.92 Å². The first kappa shape index (κ1) is 7.98. The highest BCUT2D eigenvalue weighted by molar-refractivity contribution is 5.89. The van der Waals surface area contributed by atoms with Gasteiger partial charge in [-0.3, -0.25) is 4.98 Å². The fourth-order valence-electron chi connectivity index (χ4n) is 1.36. The number of hydrogen-bond donors (Lipinski definition) is 1. The van der Waals surface area contributed by atoms with Crippen molar-refractivity contribution in [3.63, 3.8) is 0 Å². The van der Waals surface area contributed by atoms with Gasteiger partial charge in [-0.25, -0.2) is 4.39 Å². The molecule has 0 bridgehead atoms. The number of aryl methyl sites for hydroxylation is 1. The third-order valence-electron chi connectivity index (χ3n) is 2.07. The second kappa shape index (κ2) is 2.69. The van der Waals surface area contributed by atoms with E-state index in [0.717, 1.165) is 11.1 Å². The van der Waals surface area contributed by atoms with Gasteiger partial charge in [0.1, 0.15) is 0 Å². The van der Waals surface area contributed by atoms with Crippen LogP contribution in [0.15, 0.2) is 24.4 Å². The first-order valence-corrected chi connectivity index (χ1v) is 3.93. The molecule has 0 saturated carbocycles. The lowest BCUT2D eigenvalue weighted by atomic mass is 10.1. The molecule has 0 unspecified atom stereocenters. The maximum atomic E-state index is 12.9. The molecule has 0 fully saturated rings. The molecule has 1 heterocycles. The van der Waals surface area contributed by atoms with Gasteiger partial charge in [-0.15, -0.1) is 0 Å². The van der Waals surface area contributed by atoms with Gasteiger partial charge < -0.3 is 5.11 Å². The van der Waals surface area contributed by atoms with E-state index in [-0.39, 0.29) is 5.75 Å². The molecule has 1 aromatic heterocycles.